The van der Waals surface area contributed by atoms with Crippen LogP contribution in [0.15, 0.2) is 24.3 Å². The Morgan fingerprint density at radius 2 is 1.15 bits per heavy atom. The van der Waals surface area contributed by atoms with Crippen LogP contribution in [0.3, 0.4) is 0 Å². The maximum Gasteiger partial charge on any atom is 0.257 e. The molecule has 3 aromatic rings. The third kappa shape index (κ3) is 5.30. The van der Waals surface area contributed by atoms with Crippen molar-refractivity contribution in [2.75, 3.05) is 10.6 Å². The van der Waals surface area contributed by atoms with E-state index in [1.807, 2.05) is 0 Å². The number of primary amides is 2. The van der Waals surface area contributed by atoms with Crippen molar-refractivity contribution in [1.82, 2.24) is 0 Å². The first kappa shape index (κ1) is 28.0. The van der Waals surface area contributed by atoms with Crippen molar-refractivity contribution >= 4 is 56.3 Å². The van der Waals surface area contributed by atoms with Gasteiger partial charge in [0.15, 0.2) is 0 Å². The molecule has 0 saturated heterocycles. The molecule has 0 aliphatic heterocycles. The molecule has 5 rings (SSSR count). The molecule has 2 unspecified atom stereocenters. The number of amides is 4. The van der Waals surface area contributed by atoms with Crippen LogP contribution in [0.5, 0.6) is 0 Å². The molecule has 0 fully saturated rings. The number of rotatable bonds is 8. The molecule has 0 bridgehead atoms. The maximum absolute atomic E-state index is 13.5. The smallest absolute Gasteiger partial charge is 0.257 e. The van der Waals surface area contributed by atoms with Crippen LogP contribution < -0.4 is 22.1 Å². The van der Waals surface area contributed by atoms with Gasteiger partial charge in [0.25, 0.3) is 23.6 Å². The van der Waals surface area contributed by atoms with Gasteiger partial charge in [-0.2, -0.15) is 0 Å². The summed E-state index contributed by atoms with van der Waals surface area (Å²) in [6, 6.07) is 6.48. The van der Waals surface area contributed by atoms with E-state index in [4.69, 9.17) is 11.5 Å². The van der Waals surface area contributed by atoms with Crippen LogP contribution in [-0.2, 0) is 25.7 Å². The van der Waals surface area contributed by atoms with Gasteiger partial charge in [0.05, 0.1) is 22.3 Å². The normalized spacial score (nSPS) is 17.9. The summed E-state index contributed by atoms with van der Waals surface area (Å²) < 4.78 is 0. The third-order valence-corrected chi connectivity index (χ3v) is 10.6. The zero-order valence-corrected chi connectivity index (χ0v) is 24.4. The summed E-state index contributed by atoms with van der Waals surface area (Å²) in [5, 5.41) is 6.57. The SMILES string of the molecule is CCC1CCc2c(sc(NC(=O)c3ccccc3C(=O)Nc3sc4c(c3C(N)=O)CCC(CC)C4)c2C(N)=O)C1. The average Bonchev–Trinajstić information content (AvgIpc) is 3.49. The number of benzene rings is 1. The van der Waals surface area contributed by atoms with Crippen LogP contribution in [0.1, 0.15) is 102 Å². The van der Waals surface area contributed by atoms with Crippen LogP contribution in [0.2, 0.25) is 0 Å². The molecule has 2 heterocycles. The van der Waals surface area contributed by atoms with Crippen LogP contribution in [0, 0.1) is 11.8 Å². The summed E-state index contributed by atoms with van der Waals surface area (Å²) >= 11 is 2.78. The van der Waals surface area contributed by atoms with Gasteiger partial charge in [-0.05, 0) is 73.6 Å². The van der Waals surface area contributed by atoms with E-state index in [9.17, 15) is 19.2 Å². The fourth-order valence-electron chi connectivity index (χ4n) is 5.92. The Hall–Kier alpha value is -3.50. The molecule has 2 aliphatic carbocycles. The zero-order chi connectivity index (χ0) is 28.6. The summed E-state index contributed by atoms with van der Waals surface area (Å²) in [4.78, 5) is 53.9. The second-order valence-electron chi connectivity index (χ2n) is 10.6. The highest BCUT2D eigenvalue weighted by molar-refractivity contribution is 7.17. The lowest BCUT2D eigenvalue weighted by atomic mass is 9.85. The number of nitrogens with one attached hydrogen (secondary N) is 2. The molecule has 2 atom stereocenters. The molecule has 8 nitrogen and oxygen atoms in total. The number of carbonyl (C=O) groups is 4. The standard InChI is InChI=1S/C30H34N4O4S2/c1-3-15-9-11-19-21(13-15)39-29(23(19)25(31)35)33-27(37)17-7-5-6-8-18(17)28(38)34-30-24(26(32)36)20-12-10-16(4-2)14-22(20)40-30/h5-8,15-16H,3-4,9-14H2,1-2H3,(H2,31,35)(H2,32,36)(H,33,37)(H,34,38). The van der Waals surface area contributed by atoms with Gasteiger partial charge in [-0.3, -0.25) is 19.2 Å². The molecule has 1 aromatic carbocycles. The van der Waals surface area contributed by atoms with E-state index < -0.39 is 23.6 Å². The molecule has 6 N–H and O–H groups in total. The number of nitrogens with two attached hydrogens (primary N) is 2. The van der Waals surface area contributed by atoms with E-state index >= 15 is 0 Å². The summed E-state index contributed by atoms with van der Waals surface area (Å²) in [5.41, 5.74) is 14.4. The Labute approximate surface area is 241 Å². The minimum atomic E-state index is -0.570. The van der Waals surface area contributed by atoms with E-state index in [2.05, 4.69) is 24.5 Å². The van der Waals surface area contributed by atoms with Gasteiger partial charge in [0.1, 0.15) is 10.0 Å². The maximum atomic E-state index is 13.5. The zero-order valence-electron chi connectivity index (χ0n) is 22.7. The highest BCUT2D eigenvalue weighted by Gasteiger charge is 2.31. The Kier molecular flexibility index (Phi) is 8.09. The van der Waals surface area contributed by atoms with E-state index in [-0.39, 0.29) is 11.1 Å². The summed E-state index contributed by atoms with van der Waals surface area (Å²) in [6.45, 7) is 4.31. The fraction of sp³-hybridized carbons (Fsp3) is 0.400. The Balaban J connectivity index is 1.42. The molecule has 4 amide bonds. The molecule has 0 saturated carbocycles. The Morgan fingerprint density at radius 1 is 0.750 bits per heavy atom. The summed E-state index contributed by atoms with van der Waals surface area (Å²) in [6.07, 6.45) is 7.29. The van der Waals surface area contributed by atoms with Gasteiger partial charge >= 0.3 is 0 Å². The first-order valence-electron chi connectivity index (χ1n) is 13.8. The topological polar surface area (TPSA) is 144 Å². The molecule has 2 aliphatic rings. The van der Waals surface area contributed by atoms with Crippen molar-refractivity contribution in [3.05, 3.63) is 67.4 Å². The van der Waals surface area contributed by atoms with Crippen LogP contribution in [0.4, 0.5) is 10.0 Å². The molecule has 0 spiro atoms. The number of fused-ring (bicyclic) bond motifs is 2. The Morgan fingerprint density at radius 3 is 1.50 bits per heavy atom. The molecular weight excluding hydrogens is 544 g/mol. The van der Waals surface area contributed by atoms with E-state index in [0.29, 0.717) is 33.0 Å². The number of hydrogen-bond donors (Lipinski definition) is 4. The minimum Gasteiger partial charge on any atom is -0.365 e. The third-order valence-electron chi connectivity index (χ3n) is 8.25. The van der Waals surface area contributed by atoms with Crippen molar-refractivity contribution < 1.29 is 19.2 Å². The van der Waals surface area contributed by atoms with Gasteiger partial charge in [-0.25, -0.2) is 0 Å². The van der Waals surface area contributed by atoms with Crippen LogP contribution in [-0.4, -0.2) is 23.6 Å². The highest BCUT2D eigenvalue weighted by Crippen LogP contribution is 2.42. The molecule has 2 aromatic heterocycles. The van der Waals surface area contributed by atoms with Crippen molar-refractivity contribution in [2.45, 2.75) is 65.2 Å². The van der Waals surface area contributed by atoms with E-state index in [1.165, 1.54) is 22.7 Å². The largest absolute Gasteiger partial charge is 0.365 e. The monoisotopic (exact) mass is 578 g/mol. The van der Waals surface area contributed by atoms with Crippen LogP contribution >= 0.6 is 22.7 Å². The molecular formula is C30H34N4O4S2. The van der Waals surface area contributed by atoms with Crippen LogP contribution in [0.25, 0.3) is 0 Å². The fourth-order valence-corrected chi connectivity index (χ4v) is 8.65. The van der Waals surface area contributed by atoms with Crippen molar-refractivity contribution in [3.63, 3.8) is 0 Å². The van der Waals surface area contributed by atoms with Gasteiger partial charge < -0.3 is 22.1 Å². The molecule has 0 radical (unpaired) electrons. The summed E-state index contributed by atoms with van der Waals surface area (Å²) in [7, 11) is 0. The predicted molar refractivity (Wildman–Crippen MR) is 160 cm³/mol. The average molecular weight is 579 g/mol. The first-order valence-corrected chi connectivity index (χ1v) is 15.4. The lowest BCUT2D eigenvalue weighted by Crippen LogP contribution is -2.23. The molecule has 10 heteroatoms. The molecule has 40 heavy (non-hydrogen) atoms. The first-order chi connectivity index (χ1) is 19.2. The highest BCUT2D eigenvalue weighted by atomic mass is 32.1. The lowest BCUT2D eigenvalue weighted by Gasteiger charge is -2.20. The quantitative estimate of drug-likeness (QED) is 0.278. The predicted octanol–water partition coefficient (Wildman–Crippen LogP) is 5.54. The van der Waals surface area contributed by atoms with E-state index in [0.717, 1.165) is 72.2 Å². The number of thiophene rings is 2. The Bertz CT molecular complexity index is 1390. The van der Waals surface area contributed by atoms with Crippen molar-refractivity contribution in [2.24, 2.45) is 23.3 Å². The van der Waals surface area contributed by atoms with Gasteiger partial charge in [-0.15, -0.1) is 22.7 Å². The lowest BCUT2D eigenvalue weighted by molar-refractivity contribution is 0.0983. The second kappa shape index (κ2) is 11.5. The van der Waals surface area contributed by atoms with Gasteiger partial charge in [0.2, 0.25) is 0 Å². The number of carbonyl (C=O) groups excluding carboxylic acids is 4. The number of anilines is 2. The molecule has 210 valence electrons. The van der Waals surface area contributed by atoms with Crippen molar-refractivity contribution in [1.29, 1.82) is 0 Å². The number of hydrogen-bond acceptors (Lipinski definition) is 6. The van der Waals surface area contributed by atoms with Gasteiger partial charge in [-0.1, -0.05) is 38.8 Å². The summed E-state index contributed by atoms with van der Waals surface area (Å²) in [5.74, 6) is -1.07. The second-order valence-corrected chi connectivity index (χ2v) is 12.8. The van der Waals surface area contributed by atoms with Gasteiger partial charge in [0, 0.05) is 9.75 Å². The minimum absolute atomic E-state index is 0.154. The van der Waals surface area contributed by atoms with Crippen molar-refractivity contribution in [3.8, 4) is 0 Å². The van der Waals surface area contributed by atoms with E-state index in [1.54, 1.807) is 24.3 Å².